The Morgan fingerprint density at radius 3 is 2.67 bits per heavy atom. The second-order valence-electron chi connectivity index (χ2n) is 3.89. The molecule has 6 nitrogen and oxygen atoms in total. The van der Waals surface area contributed by atoms with Gasteiger partial charge in [0.25, 0.3) is 5.69 Å². The van der Waals surface area contributed by atoms with Gasteiger partial charge in [0.15, 0.2) is 0 Å². The Balaban J connectivity index is 2.95. The molecule has 1 aromatic carbocycles. The molecule has 1 aromatic rings. The molecule has 0 saturated carbocycles. The molecule has 3 N–H and O–H groups in total. The molecular weight excluding hydrogens is 243 g/mol. The average Bonchev–Trinajstić information content (AvgIpc) is 2.27. The molecule has 0 aromatic heterocycles. The van der Waals surface area contributed by atoms with Crippen molar-refractivity contribution in [2.45, 2.75) is 12.8 Å². The fraction of sp³-hybridized carbons (Fsp3) is 0.364. The van der Waals surface area contributed by atoms with Crippen molar-refractivity contribution in [2.75, 3.05) is 6.54 Å². The summed E-state index contributed by atoms with van der Waals surface area (Å²) in [4.78, 5) is 20.8. The summed E-state index contributed by atoms with van der Waals surface area (Å²) in [7, 11) is 0. The minimum Gasteiger partial charge on any atom is -0.481 e. The molecule has 0 fully saturated rings. The quantitative estimate of drug-likeness (QED) is 0.589. The van der Waals surface area contributed by atoms with Crippen LogP contribution in [0, 0.1) is 21.8 Å². The Bertz CT molecular complexity index is 464. The van der Waals surface area contributed by atoms with E-state index in [-0.39, 0.29) is 30.6 Å². The van der Waals surface area contributed by atoms with Crippen LogP contribution in [0.25, 0.3) is 0 Å². The highest BCUT2D eigenvalue weighted by Crippen LogP contribution is 2.20. The summed E-state index contributed by atoms with van der Waals surface area (Å²) in [5.41, 5.74) is 5.18. The maximum atomic E-state index is 13.1. The molecule has 1 unspecified atom stereocenters. The lowest BCUT2D eigenvalue weighted by molar-refractivity contribution is -0.385. The third-order valence-electron chi connectivity index (χ3n) is 2.50. The molecular formula is C11H13FN2O4. The number of benzene rings is 1. The van der Waals surface area contributed by atoms with Crippen LogP contribution in [0.2, 0.25) is 0 Å². The number of aliphatic carboxylic acids is 1. The van der Waals surface area contributed by atoms with Crippen LogP contribution in [0.5, 0.6) is 0 Å². The van der Waals surface area contributed by atoms with E-state index < -0.39 is 22.6 Å². The summed E-state index contributed by atoms with van der Waals surface area (Å²) in [6.45, 7) is 0.189. The van der Waals surface area contributed by atoms with Crippen LogP contribution in [-0.4, -0.2) is 22.5 Å². The Morgan fingerprint density at radius 2 is 2.17 bits per heavy atom. The molecule has 0 saturated heterocycles. The van der Waals surface area contributed by atoms with Crippen molar-refractivity contribution in [3.8, 4) is 0 Å². The van der Waals surface area contributed by atoms with Gasteiger partial charge >= 0.3 is 5.97 Å². The first-order chi connectivity index (χ1) is 8.43. The van der Waals surface area contributed by atoms with E-state index in [0.29, 0.717) is 0 Å². The maximum Gasteiger partial charge on any atom is 0.306 e. The molecule has 0 amide bonds. The van der Waals surface area contributed by atoms with Crippen molar-refractivity contribution in [3.05, 3.63) is 39.7 Å². The van der Waals surface area contributed by atoms with Crippen molar-refractivity contribution in [3.63, 3.8) is 0 Å². The Labute approximate surface area is 102 Å². The van der Waals surface area contributed by atoms with Crippen molar-refractivity contribution >= 4 is 11.7 Å². The predicted molar refractivity (Wildman–Crippen MR) is 61.6 cm³/mol. The van der Waals surface area contributed by atoms with Crippen LogP contribution in [0.4, 0.5) is 10.1 Å². The van der Waals surface area contributed by atoms with Crippen molar-refractivity contribution in [1.82, 2.24) is 0 Å². The van der Waals surface area contributed by atoms with Crippen LogP contribution >= 0.6 is 0 Å². The first kappa shape index (κ1) is 14.0. The number of hydrogen-bond donors (Lipinski definition) is 2. The number of non-ortho nitro benzene ring substituents is 1. The van der Waals surface area contributed by atoms with E-state index in [0.717, 1.165) is 12.1 Å². The molecule has 0 aliphatic carbocycles. The number of nitro groups is 1. The minimum atomic E-state index is -1.05. The van der Waals surface area contributed by atoms with Gasteiger partial charge in [0.1, 0.15) is 5.82 Å². The van der Waals surface area contributed by atoms with Gasteiger partial charge in [0.2, 0.25) is 0 Å². The number of nitrogens with two attached hydrogens (primary N) is 1. The number of carboxylic acids is 1. The lowest BCUT2D eigenvalue weighted by atomic mass is 9.96. The number of hydrogen-bond acceptors (Lipinski definition) is 4. The summed E-state index contributed by atoms with van der Waals surface area (Å²) in [5.74, 6) is -2.57. The number of nitro benzene ring substituents is 1. The highest BCUT2D eigenvalue weighted by atomic mass is 19.1. The van der Waals surface area contributed by atoms with E-state index in [4.69, 9.17) is 10.8 Å². The molecule has 0 bridgehead atoms. The third kappa shape index (κ3) is 3.77. The first-order valence-corrected chi connectivity index (χ1v) is 5.30. The Kier molecular flexibility index (Phi) is 4.73. The molecule has 98 valence electrons. The standard InChI is InChI=1S/C11H13FN2O4/c12-9-4-7(5-10(6-9)14(17)18)3-8(1-2-13)11(15)16/h4-6,8H,1-3,13H2,(H,15,16). The van der Waals surface area contributed by atoms with Gasteiger partial charge in [-0.3, -0.25) is 14.9 Å². The first-order valence-electron chi connectivity index (χ1n) is 5.30. The molecule has 0 heterocycles. The molecule has 18 heavy (non-hydrogen) atoms. The molecule has 1 rings (SSSR count). The summed E-state index contributed by atoms with van der Waals surface area (Å²) < 4.78 is 13.1. The molecule has 0 radical (unpaired) electrons. The Morgan fingerprint density at radius 1 is 1.50 bits per heavy atom. The highest BCUT2D eigenvalue weighted by molar-refractivity contribution is 5.70. The third-order valence-corrected chi connectivity index (χ3v) is 2.50. The van der Waals surface area contributed by atoms with Gasteiger partial charge in [-0.05, 0) is 31.0 Å². The zero-order valence-electron chi connectivity index (χ0n) is 9.51. The number of halogens is 1. The lowest BCUT2D eigenvalue weighted by Gasteiger charge is -2.10. The molecule has 0 aliphatic heterocycles. The van der Waals surface area contributed by atoms with Gasteiger partial charge in [0, 0.05) is 6.07 Å². The predicted octanol–water partition coefficient (Wildman–Crippen LogP) is 1.33. The number of rotatable bonds is 6. The number of nitrogens with zero attached hydrogens (tertiary/aromatic N) is 1. The highest BCUT2D eigenvalue weighted by Gasteiger charge is 2.19. The molecule has 0 spiro atoms. The van der Waals surface area contributed by atoms with Gasteiger partial charge in [-0.2, -0.15) is 0 Å². The average molecular weight is 256 g/mol. The summed E-state index contributed by atoms with van der Waals surface area (Å²) in [5, 5.41) is 19.5. The van der Waals surface area contributed by atoms with Gasteiger partial charge in [-0.1, -0.05) is 0 Å². The van der Waals surface area contributed by atoms with Crippen LogP contribution in [0.1, 0.15) is 12.0 Å². The van der Waals surface area contributed by atoms with Crippen LogP contribution in [0.15, 0.2) is 18.2 Å². The van der Waals surface area contributed by atoms with Gasteiger partial charge in [-0.15, -0.1) is 0 Å². The smallest absolute Gasteiger partial charge is 0.306 e. The number of carboxylic acid groups (broad SMARTS) is 1. The fourth-order valence-electron chi connectivity index (χ4n) is 1.66. The number of carbonyl (C=O) groups is 1. The fourth-order valence-corrected chi connectivity index (χ4v) is 1.66. The van der Waals surface area contributed by atoms with Crippen molar-refractivity contribution in [1.29, 1.82) is 0 Å². The topological polar surface area (TPSA) is 106 Å². The summed E-state index contributed by atoms with van der Waals surface area (Å²) >= 11 is 0. The van der Waals surface area contributed by atoms with E-state index in [1.165, 1.54) is 6.07 Å². The zero-order valence-corrected chi connectivity index (χ0v) is 9.51. The van der Waals surface area contributed by atoms with E-state index in [9.17, 15) is 19.3 Å². The second kappa shape index (κ2) is 6.06. The van der Waals surface area contributed by atoms with Crippen LogP contribution in [0.3, 0.4) is 0 Å². The van der Waals surface area contributed by atoms with E-state index in [1.54, 1.807) is 0 Å². The lowest BCUT2D eigenvalue weighted by Crippen LogP contribution is -2.20. The van der Waals surface area contributed by atoms with E-state index >= 15 is 0 Å². The monoisotopic (exact) mass is 256 g/mol. The summed E-state index contributed by atoms with van der Waals surface area (Å²) in [6.07, 6.45) is 0.255. The van der Waals surface area contributed by atoms with Gasteiger partial charge in [-0.25, -0.2) is 4.39 Å². The van der Waals surface area contributed by atoms with Crippen LogP contribution in [-0.2, 0) is 11.2 Å². The molecule has 0 aliphatic rings. The van der Waals surface area contributed by atoms with E-state index in [1.807, 2.05) is 0 Å². The van der Waals surface area contributed by atoms with Crippen LogP contribution < -0.4 is 5.73 Å². The second-order valence-corrected chi connectivity index (χ2v) is 3.89. The normalized spacial score (nSPS) is 12.1. The largest absolute Gasteiger partial charge is 0.481 e. The molecule has 7 heteroatoms. The SMILES string of the molecule is NCCC(Cc1cc(F)cc([N+](=O)[O-])c1)C(=O)O. The van der Waals surface area contributed by atoms with Crippen molar-refractivity contribution in [2.24, 2.45) is 11.7 Å². The van der Waals surface area contributed by atoms with Gasteiger partial charge in [0.05, 0.1) is 16.9 Å². The zero-order chi connectivity index (χ0) is 13.7. The van der Waals surface area contributed by atoms with Crippen molar-refractivity contribution < 1.29 is 19.2 Å². The molecule has 1 atom stereocenters. The summed E-state index contributed by atoms with van der Waals surface area (Å²) in [6, 6.07) is 3.07. The maximum absolute atomic E-state index is 13.1. The minimum absolute atomic E-state index is 0.0190. The Hall–Kier alpha value is -2.02. The van der Waals surface area contributed by atoms with E-state index in [2.05, 4.69) is 0 Å². The van der Waals surface area contributed by atoms with Gasteiger partial charge < -0.3 is 10.8 Å².